The molecule has 0 bridgehead atoms. The molecule has 130 valence electrons. The van der Waals surface area contributed by atoms with Crippen LogP contribution in [-0.4, -0.2) is 54.0 Å². The van der Waals surface area contributed by atoms with E-state index in [4.69, 9.17) is 4.74 Å². The van der Waals surface area contributed by atoms with Crippen molar-refractivity contribution in [1.29, 1.82) is 0 Å². The molecule has 0 unspecified atom stereocenters. The molecule has 2 N–H and O–H groups in total. The Morgan fingerprint density at radius 3 is 2.92 bits per heavy atom. The number of amides is 1. The third kappa shape index (κ3) is 3.82. The fraction of sp³-hybridized carbons (Fsp3) is 0.562. The second-order valence-electron chi connectivity index (χ2n) is 6.30. The van der Waals surface area contributed by atoms with Gasteiger partial charge in [0.2, 0.25) is 0 Å². The topological polar surface area (TPSA) is 81.1 Å². The molecular formula is C16H23N5O2S. The van der Waals surface area contributed by atoms with Crippen LogP contribution in [0.5, 0.6) is 0 Å². The standard InChI is InChI=1S/C16H23N5O2S/c1-21-9-12(7-20-21)15-18-8-13(24-15)14(22)19-10-16(11-23-2)3-5-17-6-4-16/h7-9,17H,3-6,10-11H2,1-2H3,(H,19,22). The summed E-state index contributed by atoms with van der Waals surface area (Å²) in [5.41, 5.74) is 0.947. The number of thiazole rings is 1. The van der Waals surface area contributed by atoms with Crippen molar-refractivity contribution in [1.82, 2.24) is 25.4 Å². The molecule has 7 nitrogen and oxygen atoms in total. The Balaban J connectivity index is 1.63. The summed E-state index contributed by atoms with van der Waals surface area (Å²) in [4.78, 5) is 17.4. The van der Waals surface area contributed by atoms with E-state index < -0.39 is 0 Å². The highest BCUT2D eigenvalue weighted by molar-refractivity contribution is 7.16. The monoisotopic (exact) mass is 349 g/mol. The third-order valence-corrected chi connectivity index (χ3v) is 5.47. The normalized spacial score (nSPS) is 16.9. The predicted molar refractivity (Wildman–Crippen MR) is 93.1 cm³/mol. The molecule has 24 heavy (non-hydrogen) atoms. The SMILES string of the molecule is COCC1(CNC(=O)c2cnc(-c3cnn(C)c3)s2)CCNCC1. The highest BCUT2D eigenvalue weighted by Gasteiger charge is 2.32. The Labute approximate surface area is 145 Å². The first kappa shape index (κ1) is 17.1. The second kappa shape index (κ2) is 7.42. The second-order valence-corrected chi connectivity index (χ2v) is 7.33. The van der Waals surface area contributed by atoms with Crippen molar-refractivity contribution in [2.75, 3.05) is 33.4 Å². The average molecular weight is 349 g/mol. The van der Waals surface area contributed by atoms with E-state index in [0.717, 1.165) is 36.5 Å². The van der Waals surface area contributed by atoms with E-state index in [2.05, 4.69) is 20.7 Å². The van der Waals surface area contributed by atoms with Crippen LogP contribution in [0.15, 0.2) is 18.6 Å². The lowest BCUT2D eigenvalue weighted by atomic mass is 9.79. The van der Waals surface area contributed by atoms with Gasteiger partial charge in [0, 0.05) is 37.9 Å². The quantitative estimate of drug-likeness (QED) is 0.821. The average Bonchev–Trinajstić information content (AvgIpc) is 3.23. The zero-order chi connectivity index (χ0) is 17.0. The molecule has 0 saturated carbocycles. The first-order valence-electron chi connectivity index (χ1n) is 8.05. The van der Waals surface area contributed by atoms with Crippen LogP contribution < -0.4 is 10.6 Å². The Morgan fingerprint density at radius 2 is 2.25 bits per heavy atom. The number of aromatic nitrogens is 3. The Hall–Kier alpha value is -1.77. The number of hydrogen-bond acceptors (Lipinski definition) is 6. The molecule has 2 aromatic heterocycles. The molecule has 1 aliphatic heterocycles. The summed E-state index contributed by atoms with van der Waals surface area (Å²) in [6.45, 7) is 3.22. The highest BCUT2D eigenvalue weighted by atomic mass is 32.1. The van der Waals surface area contributed by atoms with Gasteiger partial charge in [-0.1, -0.05) is 0 Å². The van der Waals surface area contributed by atoms with Crippen LogP contribution in [0.1, 0.15) is 22.5 Å². The first-order chi connectivity index (χ1) is 11.6. The molecule has 0 atom stereocenters. The zero-order valence-corrected chi connectivity index (χ0v) is 14.9. The summed E-state index contributed by atoms with van der Waals surface area (Å²) in [5, 5.41) is 11.4. The van der Waals surface area contributed by atoms with E-state index in [1.165, 1.54) is 11.3 Å². The van der Waals surface area contributed by atoms with Gasteiger partial charge in [-0.25, -0.2) is 4.98 Å². The minimum absolute atomic E-state index is 0.0204. The van der Waals surface area contributed by atoms with Crippen LogP contribution in [0.2, 0.25) is 0 Å². The number of nitrogens with zero attached hydrogens (tertiary/aromatic N) is 3. The van der Waals surface area contributed by atoms with Crippen molar-refractivity contribution in [3.63, 3.8) is 0 Å². The fourth-order valence-corrected chi connectivity index (χ4v) is 3.84. The molecule has 0 aliphatic carbocycles. The number of methoxy groups -OCH3 is 1. The molecule has 1 amide bonds. The summed E-state index contributed by atoms with van der Waals surface area (Å²) in [6.07, 6.45) is 7.29. The predicted octanol–water partition coefficient (Wildman–Crippen LogP) is 1.29. The van der Waals surface area contributed by atoms with Gasteiger partial charge in [0.25, 0.3) is 5.91 Å². The number of rotatable bonds is 6. The Kier molecular flexibility index (Phi) is 5.27. The summed E-state index contributed by atoms with van der Waals surface area (Å²) in [6, 6.07) is 0. The molecule has 1 aliphatic rings. The number of ether oxygens (including phenoxy) is 1. The molecule has 3 heterocycles. The van der Waals surface area contributed by atoms with E-state index in [9.17, 15) is 4.79 Å². The zero-order valence-electron chi connectivity index (χ0n) is 14.0. The van der Waals surface area contributed by atoms with Gasteiger partial charge >= 0.3 is 0 Å². The lowest BCUT2D eigenvalue weighted by Crippen LogP contribution is -2.47. The minimum Gasteiger partial charge on any atom is -0.384 e. The molecule has 1 fully saturated rings. The molecule has 8 heteroatoms. The summed E-state index contributed by atoms with van der Waals surface area (Å²) in [5.74, 6) is -0.0725. The highest BCUT2D eigenvalue weighted by Crippen LogP contribution is 2.29. The van der Waals surface area contributed by atoms with Crippen LogP contribution in [0.4, 0.5) is 0 Å². The molecule has 1 saturated heterocycles. The van der Waals surface area contributed by atoms with Crippen molar-refractivity contribution in [2.24, 2.45) is 12.5 Å². The Bertz CT molecular complexity index is 685. The van der Waals surface area contributed by atoms with Crippen LogP contribution in [-0.2, 0) is 11.8 Å². The maximum Gasteiger partial charge on any atom is 0.263 e. The van der Waals surface area contributed by atoms with Gasteiger partial charge in [-0.2, -0.15) is 5.10 Å². The van der Waals surface area contributed by atoms with Crippen molar-refractivity contribution in [3.05, 3.63) is 23.5 Å². The van der Waals surface area contributed by atoms with Gasteiger partial charge in [0.15, 0.2) is 0 Å². The van der Waals surface area contributed by atoms with E-state index in [-0.39, 0.29) is 11.3 Å². The van der Waals surface area contributed by atoms with E-state index in [0.29, 0.717) is 18.0 Å². The molecule has 3 rings (SSSR count). The summed E-state index contributed by atoms with van der Waals surface area (Å²) in [7, 11) is 3.58. The van der Waals surface area contributed by atoms with Gasteiger partial charge in [-0.05, 0) is 25.9 Å². The lowest BCUT2D eigenvalue weighted by Gasteiger charge is -2.37. The van der Waals surface area contributed by atoms with Gasteiger partial charge in [-0.3, -0.25) is 9.48 Å². The molecule has 2 aromatic rings. The molecule has 0 aromatic carbocycles. The van der Waals surface area contributed by atoms with Gasteiger partial charge in [0.05, 0.1) is 19.0 Å². The molecule has 0 radical (unpaired) electrons. The van der Waals surface area contributed by atoms with Gasteiger partial charge in [-0.15, -0.1) is 11.3 Å². The van der Waals surface area contributed by atoms with Crippen molar-refractivity contribution in [2.45, 2.75) is 12.8 Å². The van der Waals surface area contributed by atoms with Gasteiger partial charge in [0.1, 0.15) is 9.88 Å². The van der Waals surface area contributed by atoms with Crippen molar-refractivity contribution >= 4 is 17.2 Å². The summed E-state index contributed by atoms with van der Waals surface area (Å²) < 4.78 is 7.11. The van der Waals surface area contributed by atoms with E-state index in [1.807, 2.05) is 13.2 Å². The van der Waals surface area contributed by atoms with Crippen LogP contribution in [0.3, 0.4) is 0 Å². The number of nitrogens with one attached hydrogen (secondary N) is 2. The van der Waals surface area contributed by atoms with E-state index in [1.54, 1.807) is 24.2 Å². The smallest absolute Gasteiger partial charge is 0.263 e. The number of hydrogen-bond donors (Lipinski definition) is 2. The third-order valence-electron chi connectivity index (χ3n) is 4.42. The number of carbonyl (C=O) groups is 1. The van der Waals surface area contributed by atoms with Crippen molar-refractivity contribution in [3.8, 4) is 10.6 Å². The molecule has 0 spiro atoms. The number of piperidine rings is 1. The molecular weight excluding hydrogens is 326 g/mol. The van der Waals surface area contributed by atoms with E-state index >= 15 is 0 Å². The fourth-order valence-electron chi connectivity index (χ4n) is 3.03. The largest absolute Gasteiger partial charge is 0.384 e. The van der Waals surface area contributed by atoms with Crippen LogP contribution in [0.25, 0.3) is 10.6 Å². The lowest BCUT2D eigenvalue weighted by molar-refractivity contribution is 0.0512. The number of aryl methyl sites for hydroxylation is 1. The summed E-state index contributed by atoms with van der Waals surface area (Å²) >= 11 is 1.39. The van der Waals surface area contributed by atoms with Crippen LogP contribution in [0, 0.1) is 5.41 Å². The Morgan fingerprint density at radius 1 is 1.46 bits per heavy atom. The van der Waals surface area contributed by atoms with Crippen LogP contribution >= 0.6 is 11.3 Å². The minimum atomic E-state index is -0.0725. The maximum atomic E-state index is 12.5. The number of carbonyl (C=O) groups excluding carboxylic acids is 1. The van der Waals surface area contributed by atoms with Crippen molar-refractivity contribution < 1.29 is 9.53 Å². The van der Waals surface area contributed by atoms with Gasteiger partial charge < -0.3 is 15.4 Å². The first-order valence-corrected chi connectivity index (χ1v) is 8.86. The maximum absolute atomic E-state index is 12.5.